The van der Waals surface area contributed by atoms with Crippen molar-refractivity contribution in [3.8, 4) is 17.0 Å². The van der Waals surface area contributed by atoms with E-state index in [0.717, 1.165) is 11.1 Å². The van der Waals surface area contributed by atoms with E-state index in [1.807, 2.05) is 19.1 Å². The van der Waals surface area contributed by atoms with Crippen molar-refractivity contribution >= 4 is 34.9 Å². The van der Waals surface area contributed by atoms with E-state index in [4.69, 9.17) is 16.3 Å². The monoisotopic (exact) mass is 410 g/mol. The van der Waals surface area contributed by atoms with E-state index >= 15 is 0 Å². The summed E-state index contributed by atoms with van der Waals surface area (Å²) in [6.45, 7) is 1.86. The van der Waals surface area contributed by atoms with Crippen LogP contribution in [-0.2, 0) is 9.59 Å². The maximum atomic E-state index is 12.9. The van der Waals surface area contributed by atoms with Gasteiger partial charge < -0.3 is 15.4 Å². The summed E-state index contributed by atoms with van der Waals surface area (Å²) in [4.78, 5) is 25.2. The Bertz CT molecular complexity index is 1090. The van der Waals surface area contributed by atoms with Crippen molar-refractivity contribution in [1.82, 2.24) is 9.78 Å². The number of nitrogens with one attached hydrogen (secondary N) is 2. The molecule has 0 bridgehead atoms. The first-order valence-corrected chi connectivity index (χ1v) is 9.44. The van der Waals surface area contributed by atoms with Gasteiger partial charge in [0.15, 0.2) is 0 Å². The van der Waals surface area contributed by atoms with E-state index in [2.05, 4.69) is 15.7 Å². The highest BCUT2D eigenvalue weighted by molar-refractivity contribution is 6.30. The molecule has 3 aromatic rings. The molecule has 2 heterocycles. The Hall–Kier alpha value is -3.32. The molecule has 2 aromatic carbocycles. The summed E-state index contributed by atoms with van der Waals surface area (Å²) in [5, 5.41) is 10.9. The molecule has 2 N–H and O–H groups in total. The van der Waals surface area contributed by atoms with Gasteiger partial charge in [-0.05, 0) is 43.3 Å². The maximum Gasteiger partial charge on any atom is 0.249 e. The number of carbonyl (C=O) groups is 2. The molecule has 7 nitrogen and oxygen atoms in total. The second kappa shape index (κ2) is 7.60. The largest absolute Gasteiger partial charge is 0.497 e. The number of aromatic nitrogens is 2. The number of methoxy groups -OCH3 is 1. The number of carbonyl (C=O) groups excluding carboxylic acids is 2. The van der Waals surface area contributed by atoms with Gasteiger partial charge in [-0.3, -0.25) is 9.59 Å². The fourth-order valence-electron chi connectivity index (χ4n) is 3.35. The van der Waals surface area contributed by atoms with Gasteiger partial charge in [0.2, 0.25) is 11.8 Å². The second-order valence-electron chi connectivity index (χ2n) is 6.76. The Morgan fingerprint density at radius 3 is 2.72 bits per heavy atom. The van der Waals surface area contributed by atoms with Crippen LogP contribution in [0.2, 0.25) is 5.02 Å². The molecular weight excluding hydrogens is 392 g/mol. The van der Waals surface area contributed by atoms with Gasteiger partial charge in [0.25, 0.3) is 0 Å². The Balaban J connectivity index is 1.67. The third-order valence-electron chi connectivity index (χ3n) is 4.84. The van der Waals surface area contributed by atoms with Crippen molar-refractivity contribution < 1.29 is 14.3 Å². The minimum absolute atomic E-state index is 0.00505. The third kappa shape index (κ3) is 3.69. The van der Waals surface area contributed by atoms with Crippen molar-refractivity contribution in [2.24, 2.45) is 0 Å². The van der Waals surface area contributed by atoms with Gasteiger partial charge in [-0.1, -0.05) is 23.7 Å². The molecule has 8 heteroatoms. The molecule has 1 aromatic heterocycles. The Labute approximate surface area is 172 Å². The van der Waals surface area contributed by atoms with Crippen molar-refractivity contribution in [3.63, 3.8) is 0 Å². The molecule has 0 saturated heterocycles. The SMILES string of the molecule is COc1ccc(NC(=O)C2CC(=O)Nc3c(C)c(-c4cccc(Cl)c4)nn32)cc1. The quantitative estimate of drug-likeness (QED) is 0.679. The van der Waals surface area contributed by atoms with Crippen LogP contribution >= 0.6 is 11.6 Å². The van der Waals surface area contributed by atoms with Gasteiger partial charge in [0.1, 0.15) is 17.6 Å². The minimum atomic E-state index is -0.757. The van der Waals surface area contributed by atoms with E-state index in [1.165, 1.54) is 0 Å². The number of amides is 2. The van der Waals surface area contributed by atoms with Crippen LogP contribution in [0.15, 0.2) is 48.5 Å². The molecule has 0 fully saturated rings. The predicted molar refractivity (Wildman–Crippen MR) is 111 cm³/mol. The lowest BCUT2D eigenvalue weighted by molar-refractivity contribution is -0.125. The highest BCUT2D eigenvalue weighted by atomic mass is 35.5. The van der Waals surface area contributed by atoms with Gasteiger partial charge in [0.05, 0.1) is 19.2 Å². The van der Waals surface area contributed by atoms with Crippen LogP contribution in [0.1, 0.15) is 18.0 Å². The molecule has 1 aliphatic heterocycles. The summed E-state index contributed by atoms with van der Waals surface area (Å²) in [5.74, 6) is 0.668. The first-order valence-electron chi connectivity index (χ1n) is 9.06. The number of rotatable bonds is 4. The summed E-state index contributed by atoms with van der Waals surface area (Å²) < 4.78 is 6.70. The Morgan fingerprint density at radius 2 is 2.03 bits per heavy atom. The molecule has 4 rings (SSSR count). The van der Waals surface area contributed by atoms with Crippen molar-refractivity contribution in [1.29, 1.82) is 0 Å². The Morgan fingerprint density at radius 1 is 1.28 bits per heavy atom. The summed E-state index contributed by atoms with van der Waals surface area (Å²) in [7, 11) is 1.58. The molecule has 1 atom stereocenters. The average molecular weight is 411 g/mol. The number of hydrogen-bond donors (Lipinski definition) is 2. The van der Waals surface area contributed by atoms with Gasteiger partial charge in [0, 0.05) is 21.8 Å². The predicted octanol–water partition coefficient (Wildman–Crippen LogP) is 4.04. The summed E-state index contributed by atoms with van der Waals surface area (Å²) in [6, 6.07) is 13.5. The van der Waals surface area contributed by atoms with E-state index in [-0.39, 0.29) is 18.2 Å². The van der Waals surface area contributed by atoms with E-state index in [1.54, 1.807) is 48.2 Å². The Kier molecular flexibility index (Phi) is 4.98. The average Bonchev–Trinajstić information content (AvgIpc) is 3.04. The van der Waals surface area contributed by atoms with Crippen LogP contribution in [0.5, 0.6) is 5.75 Å². The number of halogens is 1. The lowest BCUT2D eigenvalue weighted by atomic mass is 10.1. The van der Waals surface area contributed by atoms with Crippen molar-refractivity contribution in [2.45, 2.75) is 19.4 Å². The molecule has 0 radical (unpaired) electrons. The number of hydrogen-bond acceptors (Lipinski definition) is 4. The second-order valence-corrected chi connectivity index (χ2v) is 7.20. The fraction of sp³-hybridized carbons (Fsp3) is 0.190. The van der Waals surface area contributed by atoms with Crippen molar-refractivity contribution in [2.75, 3.05) is 17.7 Å². The van der Waals surface area contributed by atoms with Crippen LogP contribution in [0.4, 0.5) is 11.5 Å². The first kappa shape index (κ1) is 19.0. The van der Waals surface area contributed by atoms with E-state index in [0.29, 0.717) is 28.0 Å². The normalized spacial score (nSPS) is 15.4. The molecule has 0 spiro atoms. The fourth-order valence-corrected chi connectivity index (χ4v) is 3.54. The highest BCUT2D eigenvalue weighted by Crippen LogP contribution is 2.35. The zero-order valence-corrected chi connectivity index (χ0v) is 16.7. The number of fused-ring (bicyclic) bond motifs is 1. The molecular formula is C21H19ClN4O3. The topological polar surface area (TPSA) is 85.2 Å². The van der Waals surface area contributed by atoms with Gasteiger partial charge >= 0.3 is 0 Å². The maximum absolute atomic E-state index is 12.9. The van der Waals surface area contributed by atoms with Crippen molar-refractivity contribution in [3.05, 3.63) is 59.1 Å². The standard InChI is InChI=1S/C21H19ClN4O3/c1-12-19(13-4-3-5-14(22)10-13)25-26-17(11-18(27)24-20(12)26)21(28)23-15-6-8-16(29-2)9-7-15/h3-10,17H,11H2,1-2H3,(H,23,28)(H,24,27). The third-order valence-corrected chi connectivity index (χ3v) is 5.07. The van der Waals surface area contributed by atoms with Crippen LogP contribution in [0, 0.1) is 6.92 Å². The molecule has 1 aliphatic rings. The van der Waals surface area contributed by atoms with Crippen LogP contribution in [-0.4, -0.2) is 28.7 Å². The first-order chi connectivity index (χ1) is 14.0. The summed E-state index contributed by atoms with van der Waals surface area (Å²) in [5.41, 5.74) is 2.89. The van der Waals surface area contributed by atoms with Gasteiger partial charge in [-0.2, -0.15) is 5.10 Å². The van der Waals surface area contributed by atoms with Gasteiger partial charge in [-0.25, -0.2) is 4.68 Å². The number of benzene rings is 2. The molecule has 2 amide bonds. The van der Waals surface area contributed by atoms with Gasteiger partial charge in [-0.15, -0.1) is 0 Å². The minimum Gasteiger partial charge on any atom is -0.497 e. The number of nitrogens with zero attached hydrogens (tertiary/aromatic N) is 2. The lowest BCUT2D eigenvalue weighted by Crippen LogP contribution is -2.35. The van der Waals surface area contributed by atoms with Crippen LogP contribution in [0.25, 0.3) is 11.3 Å². The number of ether oxygens (including phenoxy) is 1. The van der Waals surface area contributed by atoms with E-state index in [9.17, 15) is 9.59 Å². The molecule has 0 aliphatic carbocycles. The molecule has 148 valence electrons. The summed E-state index contributed by atoms with van der Waals surface area (Å²) >= 11 is 6.11. The molecule has 0 saturated carbocycles. The number of anilines is 2. The summed E-state index contributed by atoms with van der Waals surface area (Å²) in [6.07, 6.45) is 0.00505. The van der Waals surface area contributed by atoms with Crippen LogP contribution in [0.3, 0.4) is 0 Å². The zero-order valence-electron chi connectivity index (χ0n) is 15.9. The highest BCUT2D eigenvalue weighted by Gasteiger charge is 2.34. The smallest absolute Gasteiger partial charge is 0.249 e. The zero-order chi connectivity index (χ0) is 20.5. The van der Waals surface area contributed by atoms with E-state index < -0.39 is 6.04 Å². The molecule has 29 heavy (non-hydrogen) atoms. The molecule has 1 unspecified atom stereocenters. The lowest BCUT2D eigenvalue weighted by Gasteiger charge is -2.24. The van der Waals surface area contributed by atoms with Crippen LogP contribution < -0.4 is 15.4 Å².